The summed E-state index contributed by atoms with van der Waals surface area (Å²) in [5, 5.41) is 10.1. The molecule has 0 aliphatic heterocycles. The average Bonchev–Trinajstić information content (AvgIpc) is 2.94. The molecule has 2 heterocycles. The van der Waals surface area contributed by atoms with Crippen LogP contribution < -0.4 is 0 Å². The van der Waals surface area contributed by atoms with Crippen LogP contribution >= 0.6 is 11.3 Å². The summed E-state index contributed by atoms with van der Waals surface area (Å²) in [7, 11) is 0. The zero-order chi connectivity index (χ0) is 13.3. The maximum absolute atomic E-state index is 12.4. The molecule has 0 aliphatic rings. The van der Waals surface area contributed by atoms with Gasteiger partial charge in [-0.2, -0.15) is 18.3 Å². The first-order valence-corrected chi connectivity index (χ1v) is 6.26. The second kappa shape index (κ2) is 4.68. The van der Waals surface area contributed by atoms with Gasteiger partial charge in [0.15, 0.2) is 0 Å². The van der Waals surface area contributed by atoms with Crippen molar-refractivity contribution in [3.05, 3.63) is 22.5 Å². The lowest BCUT2D eigenvalue weighted by atomic mass is 10.3. The van der Waals surface area contributed by atoms with Gasteiger partial charge in [-0.05, 0) is 18.9 Å². The minimum Gasteiger partial charge on any atom is -0.209 e. The molecule has 0 saturated carbocycles. The van der Waals surface area contributed by atoms with Gasteiger partial charge in [-0.3, -0.25) is 0 Å². The molecule has 2 rings (SSSR count). The van der Waals surface area contributed by atoms with E-state index in [1.54, 1.807) is 0 Å². The van der Waals surface area contributed by atoms with Gasteiger partial charge < -0.3 is 0 Å². The standard InChI is InChI=1S/C10H11F3N4S/c1-3-6-5-7(4-2)17(16-6)9-15-14-8(18-9)10(11,12)13/h5H,3-4H2,1-2H3. The first-order chi connectivity index (χ1) is 8.45. The van der Waals surface area contributed by atoms with Crippen LogP contribution in [0, 0.1) is 0 Å². The number of alkyl halides is 3. The van der Waals surface area contributed by atoms with Gasteiger partial charge in [0.1, 0.15) is 0 Å². The van der Waals surface area contributed by atoms with Crippen LogP contribution in [-0.2, 0) is 19.0 Å². The van der Waals surface area contributed by atoms with Crippen LogP contribution in [0.4, 0.5) is 13.2 Å². The van der Waals surface area contributed by atoms with Crippen molar-refractivity contribution in [2.45, 2.75) is 32.9 Å². The fourth-order valence-corrected chi connectivity index (χ4v) is 2.18. The summed E-state index contributed by atoms with van der Waals surface area (Å²) in [4.78, 5) is 0. The fraction of sp³-hybridized carbons (Fsp3) is 0.500. The molecular formula is C10H11F3N4S. The van der Waals surface area contributed by atoms with Crippen LogP contribution in [0.15, 0.2) is 6.07 Å². The monoisotopic (exact) mass is 276 g/mol. The number of nitrogens with zero attached hydrogens (tertiary/aromatic N) is 4. The molecule has 8 heteroatoms. The van der Waals surface area contributed by atoms with E-state index in [2.05, 4.69) is 15.3 Å². The Balaban J connectivity index is 2.42. The largest absolute Gasteiger partial charge is 0.445 e. The van der Waals surface area contributed by atoms with Gasteiger partial charge in [0.2, 0.25) is 10.1 Å². The normalized spacial score (nSPS) is 12.1. The highest BCUT2D eigenvalue weighted by Gasteiger charge is 2.36. The fourth-order valence-electron chi connectivity index (χ4n) is 1.48. The third-order valence-electron chi connectivity index (χ3n) is 2.40. The molecule has 0 amide bonds. The van der Waals surface area contributed by atoms with Crippen molar-refractivity contribution in [1.82, 2.24) is 20.0 Å². The molecule has 18 heavy (non-hydrogen) atoms. The average molecular weight is 276 g/mol. The third-order valence-corrected chi connectivity index (χ3v) is 3.34. The maximum atomic E-state index is 12.4. The minimum absolute atomic E-state index is 0.152. The SMILES string of the molecule is CCc1cc(CC)n(-c2nnc(C(F)(F)F)s2)n1. The van der Waals surface area contributed by atoms with Crippen molar-refractivity contribution >= 4 is 11.3 Å². The smallest absolute Gasteiger partial charge is 0.209 e. The number of halogens is 3. The maximum Gasteiger partial charge on any atom is 0.445 e. The van der Waals surface area contributed by atoms with E-state index in [0.717, 1.165) is 17.8 Å². The highest BCUT2D eigenvalue weighted by Crippen LogP contribution is 2.32. The Bertz CT molecular complexity index is 544. The molecule has 4 nitrogen and oxygen atoms in total. The Morgan fingerprint density at radius 1 is 1.22 bits per heavy atom. The molecule has 0 spiro atoms. The summed E-state index contributed by atoms with van der Waals surface area (Å²) in [6.07, 6.45) is -3.05. The molecule has 98 valence electrons. The molecule has 0 bridgehead atoms. The van der Waals surface area contributed by atoms with Crippen LogP contribution in [0.3, 0.4) is 0 Å². The molecule has 0 N–H and O–H groups in total. The van der Waals surface area contributed by atoms with Gasteiger partial charge >= 0.3 is 6.18 Å². The predicted molar refractivity (Wildman–Crippen MR) is 60.8 cm³/mol. The molecule has 0 fully saturated rings. The number of aryl methyl sites for hydroxylation is 2. The number of hydrogen-bond donors (Lipinski definition) is 0. The molecule has 0 saturated heterocycles. The Kier molecular flexibility index (Phi) is 3.38. The Morgan fingerprint density at radius 3 is 2.44 bits per heavy atom. The van der Waals surface area contributed by atoms with Crippen molar-refractivity contribution in [2.75, 3.05) is 0 Å². The zero-order valence-electron chi connectivity index (χ0n) is 9.82. The van der Waals surface area contributed by atoms with E-state index in [-0.39, 0.29) is 5.13 Å². The van der Waals surface area contributed by atoms with Gasteiger partial charge in [0, 0.05) is 5.69 Å². The molecule has 0 unspecified atom stereocenters. The van der Waals surface area contributed by atoms with Crippen LogP contribution in [0.2, 0.25) is 0 Å². The lowest BCUT2D eigenvalue weighted by Gasteiger charge is -2.00. The molecule has 0 atom stereocenters. The van der Waals surface area contributed by atoms with E-state index in [4.69, 9.17) is 0 Å². The molecule has 2 aromatic heterocycles. The van der Waals surface area contributed by atoms with E-state index in [9.17, 15) is 13.2 Å². The van der Waals surface area contributed by atoms with Crippen molar-refractivity contribution in [3.63, 3.8) is 0 Å². The quantitative estimate of drug-likeness (QED) is 0.865. The van der Waals surface area contributed by atoms with Crippen molar-refractivity contribution in [2.24, 2.45) is 0 Å². The molecule has 0 aliphatic carbocycles. The number of aromatic nitrogens is 4. The van der Waals surface area contributed by atoms with Crippen molar-refractivity contribution in [1.29, 1.82) is 0 Å². The first kappa shape index (κ1) is 13.0. The summed E-state index contributed by atoms with van der Waals surface area (Å²) in [5.74, 6) is 0. The summed E-state index contributed by atoms with van der Waals surface area (Å²) in [5.41, 5.74) is 1.66. The predicted octanol–water partition coefficient (Wildman–Crippen LogP) is 2.87. The van der Waals surface area contributed by atoms with Gasteiger partial charge in [-0.1, -0.05) is 25.2 Å². The number of rotatable bonds is 3. The van der Waals surface area contributed by atoms with Crippen LogP contribution in [0.1, 0.15) is 30.2 Å². The van der Waals surface area contributed by atoms with E-state index < -0.39 is 11.2 Å². The summed E-state index contributed by atoms with van der Waals surface area (Å²) >= 11 is 0.500. The van der Waals surface area contributed by atoms with E-state index >= 15 is 0 Å². The molecule has 0 radical (unpaired) electrons. The van der Waals surface area contributed by atoms with E-state index in [1.165, 1.54) is 4.68 Å². The van der Waals surface area contributed by atoms with Gasteiger partial charge in [-0.15, -0.1) is 10.2 Å². The molecule has 2 aromatic rings. The Hall–Kier alpha value is -1.44. The highest BCUT2D eigenvalue weighted by molar-refractivity contribution is 7.13. The van der Waals surface area contributed by atoms with Crippen LogP contribution in [0.5, 0.6) is 0 Å². The highest BCUT2D eigenvalue weighted by atomic mass is 32.1. The lowest BCUT2D eigenvalue weighted by molar-refractivity contribution is -0.138. The van der Waals surface area contributed by atoms with Gasteiger partial charge in [-0.25, -0.2) is 4.68 Å². The zero-order valence-corrected chi connectivity index (χ0v) is 10.6. The Labute approximate surface area is 105 Å². The second-order valence-electron chi connectivity index (χ2n) is 3.63. The second-order valence-corrected chi connectivity index (χ2v) is 4.59. The van der Waals surface area contributed by atoms with E-state index in [1.807, 2.05) is 19.9 Å². The van der Waals surface area contributed by atoms with Crippen LogP contribution in [0.25, 0.3) is 5.13 Å². The van der Waals surface area contributed by atoms with Gasteiger partial charge in [0.25, 0.3) is 0 Å². The lowest BCUT2D eigenvalue weighted by Crippen LogP contribution is -2.03. The third kappa shape index (κ3) is 2.38. The summed E-state index contributed by atoms with van der Waals surface area (Å²) in [6, 6.07) is 1.87. The molecular weight excluding hydrogens is 265 g/mol. The van der Waals surface area contributed by atoms with Crippen molar-refractivity contribution in [3.8, 4) is 5.13 Å². The van der Waals surface area contributed by atoms with Crippen LogP contribution in [-0.4, -0.2) is 20.0 Å². The summed E-state index contributed by atoms with van der Waals surface area (Å²) in [6.45, 7) is 3.85. The van der Waals surface area contributed by atoms with E-state index in [0.29, 0.717) is 17.8 Å². The minimum atomic E-state index is -4.46. The van der Waals surface area contributed by atoms with Crippen molar-refractivity contribution < 1.29 is 13.2 Å². The Morgan fingerprint density at radius 2 is 1.94 bits per heavy atom. The first-order valence-electron chi connectivity index (χ1n) is 5.44. The molecule has 0 aromatic carbocycles. The number of hydrogen-bond acceptors (Lipinski definition) is 4. The van der Waals surface area contributed by atoms with Gasteiger partial charge in [0.05, 0.1) is 5.69 Å². The summed E-state index contributed by atoms with van der Waals surface area (Å²) < 4.78 is 38.8. The topological polar surface area (TPSA) is 43.6 Å².